The van der Waals surface area contributed by atoms with Crippen molar-refractivity contribution in [3.05, 3.63) is 11.6 Å². The first-order valence-corrected chi connectivity index (χ1v) is 5.80. The van der Waals surface area contributed by atoms with Crippen molar-refractivity contribution in [2.45, 2.75) is 45.8 Å². The number of hydrogen-bond donors (Lipinski definition) is 2. The zero-order valence-electron chi connectivity index (χ0n) is 10.6. The topological polar surface area (TPSA) is 63.0 Å². The molecule has 0 fully saturated rings. The lowest BCUT2D eigenvalue weighted by molar-refractivity contribution is 0.0321. The Balaban J connectivity index is 2.44. The van der Waals surface area contributed by atoms with Crippen molar-refractivity contribution < 1.29 is 5.11 Å². The molecule has 0 saturated carbocycles. The van der Waals surface area contributed by atoms with E-state index in [0.29, 0.717) is 13.1 Å². The minimum Gasteiger partial charge on any atom is -0.389 e. The molecule has 0 aliphatic heterocycles. The van der Waals surface area contributed by atoms with Crippen molar-refractivity contribution in [2.24, 2.45) is 7.05 Å². The lowest BCUT2D eigenvalue weighted by Crippen LogP contribution is -2.39. The Morgan fingerprint density at radius 3 is 2.38 bits per heavy atom. The normalized spacial score (nSPS) is 12.1. The van der Waals surface area contributed by atoms with E-state index in [1.165, 1.54) is 0 Å². The molecule has 1 aromatic rings. The number of hydrogen-bond acceptors (Lipinski definition) is 4. The van der Waals surface area contributed by atoms with Gasteiger partial charge in [0.05, 0.1) is 12.1 Å². The summed E-state index contributed by atoms with van der Waals surface area (Å²) in [4.78, 5) is 0. The molecule has 16 heavy (non-hydrogen) atoms. The largest absolute Gasteiger partial charge is 0.389 e. The molecule has 92 valence electrons. The second kappa shape index (κ2) is 5.41. The quantitative estimate of drug-likeness (QED) is 0.752. The maximum Gasteiger partial charge on any atom is 0.146 e. The molecular formula is C11H22N4O. The van der Waals surface area contributed by atoms with Crippen LogP contribution >= 0.6 is 0 Å². The molecule has 0 bridgehead atoms. The highest BCUT2D eigenvalue weighted by Gasteiger charge is 2.21. The van der Waals surface area contributed by atoms with Gasteiger partial charge in [-0.05, 0) is 19.8 Å². The summed E-state index contributed by atoms with van der Waals surface area (Å²) >= 11 is 0. The second-order valence-corrected chi connectivity index (χ2v) is 4.26. The molecule has 0 aromatic carbocycles. The van der Waals surface area contributed by atoms with Gasteiger partial charge >= 0.3 is 0 Å². The zero-order chi connectivity index (χ0) is 12.2. The van der Waals surface area contributed by atoms with E-state index in [-0.39, 0.29) is 0 Å². The van der Waals surface area contributed by atoms with Crippen LogP contribution in [0.1, 0.15) is 38.3 Å². The molecule has 5 heteroatoms. The van der Waals surface area contributed by atoms with Gasteiger partial charge < -0.3 is 15.0 Å². The monoisotopic (exact) mass is 226 g/mol. The first-order chi connectivity index (χ1) is 7.52. The molecule has 1 heterocycles. The Hall–Kier alpha value is -0.940. The van der Waals surface area contributed by atoms with E-state index in [1.54, 1.807) is 0 Å². The molecular weight excluding hydrogens is 204 g/mol. The molecule has 0 aliphatic rings. The van der Waals surface area contributed by atoms with Gasteiger partial charge in [-0.3, -0.25) is 0 Å². The third-order valence-electron chi connectivity index (χ3n) is 3.24. The van der Waals surface area contributed by atoms with Crippen molar-refractivity contribution in [3.63, 3.8) is 0 Å². The van der Waals surface area contributed by atoms with Gasteiger partial charge in [0.25, 0.3) is 0 Å². The van der Waals surface area contributed by atoms with Crippen molar-refractivity contribution >= 4 is 0 Å². The molecule has 1 aromatic heterocycles. The summed E-state index contributed by atoms with van der Waals surface area (Å²) in [5.74, 6) is 1.80. The Labute approximate surface area is 96.9 Å². The predicted octanol–water partition coefficient (Wildman–Crippen LogP) is 0.764. The summed E-state index contributed by atoms with van der Waals surface area (Å²) in [6.07, 6.45) is 1.52. The minimum atomic E-state index is -0.604. The van der Waals surface area contributed by atoms with Gasteiger partial charge in [0, 0.05) is 13.6 Å². The van der Waals surface area contributed by atoms with Crippen LogP contribution in [0.15, 0.2) is 0 Å². The number of nitrogens with one attached hydrogen (secondary N) is 1. The molecule has 0 atom stereocenters. The van der Waals surface area contributed by atoms with Gasteiger partial charge in [-0.25, -0.2) is 0 Å². The summed E-state index contributed by atoms with van der Waals surface area (Å²) in [5.41, 5.74) is -0.604. The molecule has 2 N–H and O–H groups in total. The summed E-state index contributed by atoms with van der Waals surface area (Å²) < 4.78 is 1.95. The maximum atomic E-state index is 10.1. The van der Waals surface area contributed by atoms with Crippen LogP contribution in [0.5, 0.6) is 0 Å². The van der Waals surface area contributed by atoms with Gasteiger partial charge in [0.15, 0.2) is 0 Å². The fourth-order valence-electron chi connectivity index (χ4n) is 1.51. The van der Waals surface area contributed by atoms with E-state index in [0.717, 1.165) is 24.5 Å². The summed E-state index contributed by atoms with van der Waals surface area (Å²) in [5, 5.41) is 21.3. The lowest BCUT2D eigenvalue weighted by atomic mass is 9.98. The van der Waals surface area contributed by atoms with Crippen LogP contribution in [0.2, 0.25) is 0 Å². The average Bonchev–Trinajstić information content (AvgIpc) is 2.60. The highest BCUT2D eigenvalue weighted by atomic mass is 16.3. The maximum absolute atomic E-state index is 10.1. The van der Waals surface area contributed by atoms with E-state index in [9.17, 15) is 5.11 Å². The van der Waals surface area contributed by atoms with Crippen LogP contribution in [0, 0.1) is 6.92 Å². The molecule has 0 amide bonds. The SMILES string of the molecule is CCC(O)(CC)CNCc1nnc(C)n1C. The first-order valence-electron chi connectivity index (χ1n) is 5.80. The molecule has 0 radical (unpaired) electrons. The first kappa shape index (κ1) is 13.1. The zero-order valence-corrected chi connectivity index (χ0v) is 10.6. The van der Waals surface area contributed by atoms with Crippen LogP contribution < -0.4 is 5.32 Å². The van der Waals surface area contributed by atoms with Gasteiger partial charge in [-0.15, -0.1) is 10.2 Å². The Morgan fingerprint density at radius 1 is 1.31 bits per heavy atom. The fraction of sp³-hybridized carbons (Fsp3) is 0.818. The molecule has 0 aliphatic carbocycles. The number of aryl methyl sites for hydroxylation is 1. The lowest BCUT2D eigenvalue weighted by Gasteiger charge is -2.25. The van der Waals surface area contributed by atoms with Crippen LogP contribution in [-0.4, -0.2) is 32.0 Å². The Morgan fingerprint density at radius 2 is 1.94 bits per heavy atom. The Kier molecular flexibility index (Phi) is 4.44. The van der Waals surface area contributed by atoms with Crippen molar-refractivity contribution in [2.75, 3.05) is 6.54 Å². The van der Waals surface area contributed by atoms with Crippen LogP contribution in [-0.2, 0) is 13.6 Å². The van der Waals surface area contributed by atoms with Gasteiger partial charge in [0.1, 0.15) is 11.6 Å². The fourth-order valence-corrected chi connectivity index (χ4v) is 1.51. The molecule has 0 saturated heterocycles. The number of aliphatic hydroxyl groups is 1. The predicted molar refractivity (Wildman–Crippen MR) is 63.0 cm³/mol. The van der Waals surface area contributed by atoms with Gasteiger partial charge in [-0.1, -0.05) is 13.8 Å². The molecule has 0 unspecified atom stereocenters. The van der Waals surface area contributed by atoms with Crippen molar-refractivity contribution in [3.8, 4) is 0 Å². The van der Waals surface area contributed by atoms with Crippen LogP contribution in [0.25, 0.3) is 0 Å². The third-order valence-corrected chi connectivity index (χ3v) is 3.24. The van der Waals surface area contributed by atoms with E-state index < -0.39 is 5.60 Å². The Bertz CT molecular complexity index is 331. The van der Waals surface area contributed by atoms with Crippen molar-refractivity contribution in [1.82, 2.24) is 20.1 Å². The summed E-state index contributed by atoms with van der Waals surface area (Å²) in [6, 6.07) is 0. The summed E-state index contributed by atoms with van der Waals surface area (Å²) in [7, 11) is 1.94. The van der Waals surface area contributed by atoms with Crippen LogP contribution in [0.4, 0.5) is 0 Å². The second-order valence-electron chi connectivity index (χ2n) is 4.26. The summed E-state index contributed by atoms with van der Waals surface area (Å²) in [6.45, 7) is 7.14. The standard InChI is InChI=1S/C11H22N4O/c1-5-11(16,6-2)8-12-7-10-14-13-9(3)15(10)4/h12,16H,5-8H2,1-4H3. The highest BCUT2D eigenvalue weighted by molar-refractivity contribution is 4.92. The van der Waals surface area contributed by atoms with Crippen molar-refractivity contribution in [1.29, 1.82) is 0 Å². The van der Waals surface area contributed by atoms with E-state index in [1.807, 2.05) is 32.4 Å². The average molecular weight is 226 g/mol. The van der Waals surface area contributed by atoms with E-state index in [4.69, 9.17) is 0 Å². The molecule has 0 spiro atoms. The smallest absolute Gasteiger partial charge is 0.146 e. The number of nitrogens with zero attached hydrogens (tertiary/aromatic N) is 3. The highest BCUT2D eigenvalue weighted by Crippen LogP contribution is 2.12. The molecule has 5 nitrogen and oxygen atoms in total. The van der Waals surface area contributed by atoms with Gasteiger partial charge in [-0.2, -0.15) is 0 Å². The minimum absolute atomic E-state index is 0.589. The van der Waals surface area contributed by atoms with Crippen LogP contribution in [0.3, 0.4) is 0 Å². The van der Waals surface area contributed by atoms with Gasteiger partial charge in [0.2, 0.25) is 0 Å². The molecule has 1 rings (SSSR count). The number of rotatable bonds is 6. The van der Waals surface area contributed by atoms with E-state index in [2.05, 4.69) is 15.5 Å². The number of aromatic nitrogens is 3. The third kappa shape index (κ3) is 3.02. The van der Waals surface area contributed by atoms with E-state index >= 15 is 0 Å².